The first kappa shape index (κ1) is 24.1. The minimum atomic E-state index is 0.352. The van der Waals surface area contributed by atoms with E-state index in [1.54, 1.807) is 5.57 Å². The van der Waals surface area contributed by atoms with Crippen LogP contribution in [0.4, 0.5) is 0 Å². The maximum Gasteiger partial charge on any atom is -0.00269 e. The lowest BCUT2D eigenvalue weighted by Crippen LogP contribution is -2.59. The highest BCUT2D eigenvalue weighted by molar-refractivity contribution is 5.48. The van der Waals surface area contributed by atoms with E-state index in [2.05, 4.69) is 48.1 Å². The SMILES string of the molecule is C=C1CC2(CCN)CCC3C(CCC4C3(C)CCC3C(C)C(CC)CCC34C)C2=C1C(C)C. The summed E-state index contributed by atoms with van der Waals surface area (Å²) in [6.45, 7) is 20.9. The Balaban J connectivity index is 1.52. The van der Waals surface area contributed by atoms with E-state index in [-0.39, 0.29) is 0 Å². The van der Waals surface area contributed by atoms with Crippen LogP contribution in [0.2, 0.25) is 0 Å². The molecule has 2 N–H and O–H groups in total. The van der Waals surface area contributed by atoms with E-state index >= 15 is 0 Å². The summed E-state index contributed by atoms with van der Waals surface area (Å²) < 4.78 is 0. The Morgan fingerprint density at radius 3 is 2.30 bits per heavy atom. The van der Waals surface area contributed by atoms with Crippen molar-refractivity contribution in [3.63, 3.8) is 0 Å². The van der Waals surface area contributed by atoms with Gasteiger partial charge in [0, 0.05) is 0 Å². The van der Waals surface area contributed by atoms with E-state index in [0.29, 0.717) is 22.2 Å². The van der Waals surface area contributed by atoms with Crippen LogP contribution in [-0.2, 0) is 0 Å². The third-order valence-electron chi connectivity index (χ3n) is 12.8. The van der Waals surface area contributed by atoms with Crippen molar-refractivity contribution in [3.8, 4) is 0 Å². The number of fused-ring (bicyclic) bond motifs is 7. The van der Waals surface area contributed by atoms with E-state index in [1.807, 2.05) is 5.57 Å². The predicted octanol–water partition coefficient (Wildman–Crippen LogP) is 8.55. The fourth-order valence-electron chi connectivity index (χ4n) is 11.5. The molecule has 0 aliphatic heterocycles. The van der Waals surface area contributed by atoms with Gasteiger partial charge in [0.25, 0.3) is 0 Å². The van der Waals surface area contributed by atoms with Gasteiger partial charge in [-0.15, -0.1) is 0 Å². The monoisotopic (exact) mass is 451 g/mol. The molecule has 5 aliphatic carbocycles. The van der Waals surface area contributed by atoms with Crippen LogP contribution in [0.25, 0.3) is 0 Å². The molecular weight excluding hydrogens is 398 g/mol. The Hall–Kier alpha value is -0.560. The molecule has 4 saturated carbocycles. The van der Waals surface area contributed by atoms with Crippen molar-refractivity contribution >= 4 is 0 Å². The molecule has 0 aromatic carbocycles. The van der Waals surface area contributed by atoms with Gasteiger partial charge in [0.05, 0.1) is 0 Å². The molecule has 1 nitrogen and oxygen atoms in total. The first-order valence-electron chi connectivity index (χ1n) is 14.8. The molecule has 0 spiro atoms. The summed E-state index contributed by atoms with van der Waals surface area (Å²) in [6.07, 6.45) is 15.4. The lowest BCUT2D eigenvalue weighted by atomic mass is 9.37. The van der Waals surface area contributed by atoms with Crippen molar-refractivity contribution in [2.75, 3.05) is 6.54 Å². The highest BCUT2D eigenvalue weighted by Gasteiger charge is 2.64. The molecule has 0 saturated heterocycles. The topological polar surface area (TPSA) is 26.0 Å². The van der Waals surface area contributed by atoms with E-state index in [4.69, 9.17) is 5.73 Å². The Morgan fingerprint density at radius 1 is 0.970 bits per heavy atom. The minimum Gasteiger partial charge on any atom is -0.330 e. The average Bonchev–Trinajstić information content (AvgIpc) is 3.06. The summed E-state index contributed by atoms with van der Waals surface area (Å²) in [5, 5.41) is 0. The van der Waals surface area contributed by atoms with Gasteiger partial charge in [-0.2, -0.15) is 0 Å². The summed E-state index contributed by atoms with van der Waals surface area (Å²) in [6, 6.07) is 0. The Bertz CT molecular complexity index is 820. The van der Waals surface area contributed by atoms with Crippen LogP contribution in [0.3, 0.4) is 0 Å². The molecule has 0 bridgehead atoms. The molecule has 9 unspecified atom stereocenters. The van der Waals surface area contributed by atoms with Crippen LogP contribution in [-0.4, -0.2) is 6.54 Å². The molecule has 0 heterocycles. The van der Waals surface area contributed by atoms with Crippen molar-refractivity contribution in [2.24, 2.45) is 63.4 Å². The maximum atomic E-state index is 6.25. The third kappa shape index (κ3) is 3.26. The molecule has 1 heteroatoms. The van der Waals surface area contributed by atoms with E-state index in [1.165, 1.54) is 76.2 Å². The highest BCUT2D eigenvalue weighted by Crippen LogP contribution is 2.72. The molecule has 0 aromatic heterocycles. The quantitative estimate of drug-likeness (QED) is 0.455. The highest BCUT2D eigenvalue weighted by atomic mass is 14.7. The molecule has 0 radical (unpaired) electrons. The van der Waals surface area contributed by atoms with Crippen molar-refractivity contribution in [1.82, 2.24) is 0 Å². The van der Waals surface area contributed by atoms with Crippen LogP contribution in [0.5, 0.6) is 0 Å². The smallest absolute Gasteiger partial charge is 0.00269 e. The Labute approximate surface area is 205 Å². The first-order chi connectivity index (χ1) is 15.6. The zero-order chi connectivity index (χ0) is 23.8. The molecule has 9 atom stereocenters. The van der Waals surface area contributed by atoms with Crippen molar-refractivity contribution < 1.29 is 0 Å². The number of allylic oxidation sites excluding steroid dienone is 3. The second-order valence-electron chi connectivity index (χ2n) is 14.2. The van der Waals surface area contributed by atoms with Crippen molar-refractivity contribution in [3.05, 3.63) is 23.3 Å². The van der Waals surface area contributed by atoms with Gasteiger partial charge in [0.15, 0.2) is 0 Å². The van der Waals surface area contributed by atoms with Gasteiger partial charge in [0.2, 0.25) is 0 Å². The first-order valence-corrected chi connectivity index (χ1v) is 14.8. The molecule has 0 aromatic rings. The van der Waals surface area contributed by atoms with Crippen molar-refractivity contribution in [1.29, 1.82) is 0 Å². The van der Waals surface area contributed by atoms with Gasteiger partial charge in [0.1, 0.15) is 0 Å². The Morgan fingerprint density at radius 2 is 1.64 bits per heavy atom. The van der Waals surface area contributed by atoms with Crippen LogP contribution in [0, 0.1) is 57.7 Å². The molecule has 5 rings (SSSR count). The summed E-state index contributed by atoms with van der Waals surface area (Å²) in [7, 11) is 0. The second kappa shape index (κ2) is 8.25. The zero-order valence-corrected chi connectivity index (χ0v) is 22.8. The third-order valence-corrected chi connectivity index (χ3v) is 12.8. The lowest BCUT2D eigenvalue weighted by molar-refractivity contribution is -0.170. The lowest BCUT2D eigenvalue weighted by Gasteiger charge is -2.67. The number of hydrogen-bond donors (Lipinski definition) is 1. The maximum absolute atomic E-state index is 6.25. The molecular formula is C32H53N. The largest absolute Gasteiger partial charge is 0.330 e. The van der Waals surface area contributed by atoms with Gasteiger partial charge >= 0.3 is 0 Å². The molecule has 0 amide bonds. The zero-order valence-electron chi connectivity index (χ0n) is 22.8. The van der Waals surface area contributed by atoms with E-state index < -0.39 is 0 Å². The molecule has 186 valence electrons. The minimum absolute atomic E-state index is 0.352. The summed E-state index contributed by atoms with van der Waals surface area (Å²) >= 11 is 0. The van der Waals surface area contributed by atoms with Gasteiger partial charge in [-0.3, -0.25) is 0 Å². The van der Waals surface area contributed by atoms with E-state index in [9.17, 15) is 0 Å². The van der Waals surface area contributed by atoms with Gasteiger partial charge in [-0.1, -0.05) is 65.7 Å². The van der Waals surface area contributed by atoms with Crippen LogP contribution in [0.1, 0.15) is 112 Å². The normalized spacial score (nSPS) is 49.5. The standard InChI is InChI=1S/C32H53N/c1-8-23-11-14-30(6)25(22(23)5)12-15-31(7)26-13-16-32(17-18-33)19-21(4)28(20(2)3)29(32)24(26)9-10-27(30)31/h20,22-27H,4,8-19,33H2,1-3,5-7H3. The second-order valence-corrected chi connectivity index (χ2v) is 14.2. The fraction of sp³-hybridized carbons (Fsp3) is 0.875. The van der Waals surface area contributed by atoms with Gasteiger partial charge in [-0.05, 0) is 134 Å². The summed E-state index contributed by atoms with van der Waals surface area (Å²) in [4.78, 5) is 0. The number of hydrogen-bond acceptors (Lipinski definition) is 1. The molecule has 5 aliphatic rings. The number of rotatable bonds is 4. The predicted molar refractivity (Wildman–Crippen MR) is 142 cm³/mol. The average molecular weight is 452 g/mol. The summed E-state index contributed by atoms with van der Waals surface area (Å²) in [5.74, 6) is 6.07. The molecule has 33 heavy (non-hydrogen) atoms. The summed E-state index contributed by atoms with van der Waals surface area (Å²) in [5.41, 5.74) is 12.7. The van der Waals surface area contributed by atoms with Crippen LogP contribution < -0.4 is 5.73 Å². The van der Waals surface area contributed by atoms with Crippen LogP contribution in [0.15, 0.2) is 23.3 Å². The number of nitrogens with two attached hydrogens (primary N) is 1. The van der Waals surface area contributed by atoms with Crippen molar-refractivity contribution in [2.45, 2.75) is 112 Å². The van der Waals surface area contributed by atoms with Crippen LogP contribution >= 0.6 is 0 Å². The van der Waals surface area contributed by atoms with E-state index in [0.717, 1.165) is 42.1 Å². The molecule has 4 fully saturated rings. The fourth-order valence-corrected chi connectivity index (χ4v) is 11.5. The van der Waals surface area contributed by atoms with Gasteiger partial charge < -0.3 is 5.73 Å². The Kier molecular flexibility index (Phi) is 6.03. The van der Waals surface area contributed by atoms with Gasteiger partial charge in [-0.25, -0.2) is 0 Å².